The van der Waals surface area contributed by atoms with E-state index in [1.54, 1.807) is 0 Å². The average Bonchev–Trinajstić information content (AvgIpc) is 2.71. The number of piperidine rings is 1. The van der Waals surface area contributed by atoms with Crippen molar-refractivity contribution >= 4 is 24.2 Å². The van der Waals surface area contributed by atoms with Gasteiger partial charge in [0.25, 0.3) is 0 Å². The van der Waals surface area contributed by atoms with Gasteiger partial charge in [0.15, 0.2) is 0 Å². The molecule has 5 nitrogen and oxygen atoms in total. The van der Waals surface area contributed by atoms with Crippen molar-refractivity contribution in [1.29, 1.82) is 0 Å². The molecule has 1 amide bonds. The van der Waals surface area contributed by atoms with Crippen LogP contribution in [0.25, 0.3) is 0 Å². The monoisotopic (exact) mass is 426 g/mol. The lowest BCUT2D eigenvalue weighted by Crippen LogP contribution is -2.38. The van der Waals surface area contributed by atoms with Gasteiger partial charge in [0.1, 0.15) is 11.9 Å². The standard InChI is InChI=1S/C23H38N2O3.ClH/c1-3-5-7-8-11-19-27-22-13-10-9-12-21(22)24-23(26)28-20-14-17-25(18-15-20)16-6-4-2;/h9-10,12-13,20H,3-8,11,14-19H2,1-2H3,(H,24,26);1H. The Morgan fingerprint density at radius 2 is 1.72 bits per heavy atom. The van der Waals surface area contributed by atoms with Gasteiger partial charge in [-0.3, -0.25) is 5.32 Å². The van der Waals surface area contributed by atoms with E-state index in [-0.39, 0.29) is 24.6 Å². The summed E-state index contributed by atoms with van der Waals surface area (Å²) in [7, 11) is 0. The van der Waals surface area contributed by atoms with E-state index in [4.69, 9.17) is 9.47 Å². The number of hydrogen-bond acceptors (Lipinski definition) is 4. The lowest BCUT2D eigenvalue weighted by molar-refractivity contribution is 0.0586. The minimum absolute atomic E-state index is 0. The van der Waals surface area contributed by atoms with Crippen molar-refractivity contribution in [3.8, 4) is 5.75 Å². The summed E-state index contributed by atoms with van der Waals surface area (Å²) < 4.78 is 11.5. The summed E-state index contributed by atoms with van der Waals surface area (Å²) in [5.74, 6) is 0.712. The largest absolute Gasteiger partial charge is 0.491 e. The fourth-order valence-electron chi connectivity index (χ4n) is 3.51. The third-order valence-electron chi connectivity index (χ3n) is 5.27. The Kier molecular flexibility index (Phi) is 13.6. The van der Waals surface area contributed by atoms with Crippen LogP contribution in [0.4, 0.5) is 10.5 Å². The molecule has 0 bridgehead atoms. The van der Waals surface area contributed by atoms with Gasteiger partial charge in [-0.15, -0.1) is 12.4 Å². The molecule has 0 atom stereocenters. The molecule has 0 spiro atoms. The molecular formula is C23H39ClN2O3. The second-order valence-electron chi connectivity index (χ2n) is 7.68. The van der Waals surface area contributed by atoms with Crippen molar-refractivity contribution in [2.75, 3.05) is 31.6 Å². The molecule has 1 aliphatic heterocycles. The maximum Gasteiger partial charge on any atom is 0.412 e. The van der Waals surface area contributed by atoms with Crippen molar-refractivity contribution in [3.05, 3.63) is 24.3 Å². The zero-order valence-corrected chi connectivity index (χ0v) is 19.0. The Balaban J connectivity index is 0.00000420. The van der Waals surface area contributed by atoms with Crippen LogP contribution in [0.1, 0.15) is 71.6 Å². The number of amides is 1. The average molecular weight is 427 g/mol. The number of ether oxygens (including phenoxy) is 2. The number of anilines is 1. The van der Waals surface area contributed by atoms with Gasteiger partial charge in [-0.25, -0.2) is 4.79 Å². The molecule has 1 heterocycles. The number of unbranched alkanes of at least 4 members (excludes halogenated alkanes) is 5. The topological polar surface area (TPSA) is 50.8 Å². The fraction of sp³-hybridized carbons (Fsp3) is 0.696. The molecule has 0 radical (unpaired) electrons. The van der Waals surface area contributed by atoms with Crippen LogP contribution in [0.5, 0.6) is 5.75 Å². The minimum atomic E-state index is -0.383. The number of halogens is 1. The first-order valence-corrected chi connectivity index (χ1v) is 11.1. The number of rotatable bonds is 12. The number of hydrogen-bond donors (Lipinski definition) is 1. The third-order valence-corrected chi connectivity index (χ3v) is 5.27. The Morgan fingerprint density at radius 3 is 2.45 bits per heavy atom. The predicted molar refractivity (Wildman–Crippen MR) is 122 cm³/mol. The molecule has 1 fully saturated rings. The van der Waals surface area contributed by atoms with Gasteiger partial charge < -0.3 is 14.4 Å². The van der Waals surface area contributed by atoms with Crippen molar-refractivity contribution < 1.29 is 14.3 Å². The lowest BCUT2D eigenvalue weighted by atomic mass is 10.1. The van der Waals surface area contributed by atoms with Gasteiger partial charge >= 0.3 is 6.09 Å². The molecule has 1 aromatic carbocycles. The van der Waals surface area contributed by atoms with E-state index in [1.165, 1.54) is 38.5 Å². The van der Waals surface area contributed by atoms with Crippen LogP contribution in [0, 0.1) is 0 Å². The number of carbonyl (C=O) groups is 1. The zero-order chi connectivity index (χ0) is 20.0. The highest BCUT2D eigenvalue weighted by molar-refractivity contribution is 5.86. The second kappa shape index (κ2) is 15.4. The molecule has 6 heteroatoms. The summed E-state index contributed by atoms with van der Waals surface area (Å²) in [5.41, 5.74) is 0.682. The van der Waals surface area contributed by atoms with Crippen molar-refractivity contribution in [2.24, 2.45) is 0 Å². The summed E-state index contributed by atoms with van der Waals surface area (Å²) in [6, 6.07) is 7.58. The summed E-state index contributed by atoms with van der Waals surface area (Å²) >= 11 is 0. The van der Waals surface area contributed by atoms with Gasteiger partial charge in [0, 0.05) is 13.1 Å². The number of benzene rings is 1. The van der Waals surface area contributed by atoms with E-state index in [9.17, 15) is 4.79 Å². The first-order valence-electron chi connectivity index (χ1n) is 11.1. The quantitative estimate of drug-likeness (QED) is 0.400. The van der Waals surface area contributed by atoms with Crippen molar-refractivity contribution in [2.45, 2.75) is 77.7 Å². The fourth-order valence-corrected chi connectivity index (χ4v) is 3.51. The number of nitrogens with one attached hydrogen (secondary N) is 1. The molecule has 1 aliphatic rings. The summed E-state index contributed by atoms with van der Waals surface area (Å²) in [6.45, 7) is 8.28. The lowest BCUT2D eigenvalue weighted by Gasteiger charge is -2.31. The predicted octanol–water partition coefficient (Wildman–Crippen LogP) is 6.27. The van der Waals surface area contributed by atoms with Crippen molar-refractivity contribution in [3.63, 3.8) is 0 Å². The summed E-state index contributed by atoms with van der Waals surface area (Å²) in [6.07, 6.45) is 9.90. The molecule has 1 saturated heterocycles. The van der Waals surface area contributed by atoms with Crippen LogP contribution in [-0.4, -0.2) is 43.3 Å². The SMILES string of the molecule is CCCCCCCOc1ccccc1NC(=O)OC1CCN(CCCC)CC1.Cl. The Labute approximate surface area is 182 Å². The first-order chi connectivity index (χ1) is 13.7. The highest BCUT2D eigenvalue weighted by Crippen LogP contribution is 2.25. The molecule has 29 heavy (non-hydrogen) atoms. The Hall–Kier alpha value is -1.46. The van der Waals surface area contributed by atoms with Crippen LogP contribution in [0.3, 0.4) is 0 Å². The number of nitrogens with zero attached hydrogens (tertiary/aromatic N) is 1. The summed E-state index contributed by atoms with van der Waals surface area (Å²) in [5, 5.41) is 2.86. The molecule has 166 valence electrons. The molecule has 0 aromatic heterocycles. The molecule has 1 N–H and O–H groups in total. The van der Waals surface area contributed by atoms with E-state index in [1.807, 2.05) is 24.3 Å². The Bertz CT molecular complexity index is 563. The van der Waals surface area contributed by atoms with Crippen LogP contribution in [0.15, 0.2) is 24.3 Å². The molecule has 0 saturated carbocycles. The maximum atomic E-state index is 12.3. The minimum Gasteiger partial charge on any atom is -0.491 e. The molecule has 0 unspecified atom stereocenters. The highest BCUT2D eigenvalue weighted by atomic mass is 35.5. The van der Waals surface area contributed by atoms with Gasteiger partial charge in [-0.1, -0.05) is 58.1 Å². The Morgan fingerprint density at radius 1 is 1.03 bits per heavy atom. The maximum absolute atomic E-state index is 12.3. The molecule has 1 aromatic rings. The second-order valence-corrected chi connectivity index (χ2v) is 7.68. The normalized spacial score (nSPS) is 14.8. The zero-order valence-electron chi connectivity index (χ0n) is 18.2. The van der Waals surface area contributed by atoms with Crippen LogP contribution in [-0.2, 0) is 4.74 Å². The van der Waals surface area contributed by atoms with Crippen LogP contribution >= 0.6 is 12.4 Å². The first kappa shape index (κ1) is 25.6. The highest BCUT2D eigenvalue weighted by Gasteiger charge is 2.22. The van der Waals surface area contributed by atoms with Crippen LogP contribution in [0.2, 0.25) is 0 Å². The van der Waals surface area contributed by atoms with Gasteiger partial charge in [-0.05, 0) is 44.4 Å². The van der Waals surface area contributed by atoms with Crippen molar-refractivity contribution in [1.82, 2.24) is 4.90 Å². The van der Waals surface area contributed by atoms with E-state index >= 15 is 0 Å². The number of para-hydroxylation sites is 2. The number of carbonyl (C=O) groups excluding carboxylic acids is 1. The molecule has 0 aliphatic carbocycles. The smallest absolute Gasteiger partial charge is 0.412 e. The third kappa shape index (κ3) is 10.2. The van der Waals surface area contributed by atoms with E-state index < -0.39 is 0 Å². The van der Waals surface area contributed by atoms with Gasteiger partial charge in [0.05, 0.1) is 12.3 Å². The van der Waals surface area contributed by atoms with E-state index in [0.717, 1.165) is 38.9 Å². The van der Waals surface area contributed by atoms with Crippen LogP contribution < -0.4 is 10.1 Å². The van der Waals surface area contributed by atoms with E-state index in [0.29, 0.717) is 18.0 Å². The summed E-state index contributed by atoms with van der Waals surface area (Å²) in [4.78, 5) is 14.8. The number of likely N-dealkylation sites (tertiary alicyclic amines) is 1. The van der Waals surface area contributed by atoms with E-state index in [2.05, 4.69) is 24.1 Å². The molecule has 2 rings (SSSR count). The van der Waals surface area contributed by atoms with Gasteiger partial charge in [-0.2, -0.15) is 0 Å². The molecular weight excluding hydrogens is 388 g/mol. The van der Waals surface area contributed by atoms with Gasteiger partial charge in [0.2, 0.25) is 0 Å².